The maximum Gasteiger partial charge on any atom is 0.235 e. The highest BCUT2D eigenvalue weighted by Crippen LogP contribution is 2.31. The van der Waals surface area contributed by atoms with Gasteiger partial charge >= 0.3 is 0 Å². The number of amides is 1. The molecule has 2 atom stereocenters. The van der Waals surface area contributed by atoms with Crippen LogP contribution in [0.5, 0.6) is 0 Å². The van der Waals surface area contributed by atoms with E-state index in [-0.39, 0.29) is 17.7 Å². The summed E-state index contributed by atoms with van der Waals surface area (Å²) < 4.78 is 0. The second kappa shape index (κ2) is 11.1. The Balaban J connectivity index is 1.83. The van der Waals surface area contributed by atoms with Gasteiger partial charge in [-0.05, 0) is 37.9 Å². The van der Waals surface area contributed by atoms with Crippen molar-refractivity contribution in [3.05, 3.63) is 71.8 Å². The van der Waals surface area contributed by atoms with Crippen molar-refractivity contribution in [2.45, 2.75) is 51.6 Å². The lowest BCUT2D eigenvalue weighted by Crippen LogP contribution is -2.55. The molecule has 0 radical (unpaired) electrons. The van der Waals surface area contributed by atoms with E-state index in [9.17, 15) is 9.59 Å². The van der Waals surface area contributed by atoms with Crippen molar-refractivity contribution in [2.75, 3.05) is 20.1 Å². The number of piperidine rings is 1. The molecule has 3 rings (SSSR count). The van der Waals surface area contributed by atoms with Gasteiger partial charge in [0.1, 0.15) is 0 Å². The first-order chi connectivity index (χ1) is 15.4. The largest absolute Gasteiger partial charge is 0.332 e. The number of nitrogens with zero attached hydrogens (tertiary/aromatic N) is 2. The van der Waals surface area contributed by atoms with Crippen LogP contribution in [-0.2, 0) is 9.59 Å². The normalized spacial score (nSPS) is 18.5. The Bertz CT molecular complexity index is 920. The molecule has 0 saturated carbocycles. The van der Waals surface area contributed by atoms with Crippen LogP contribution in [-0.4, -0.2) is 53.7 Å². The first-order valence-electron chi connectivity index (χ1n) is 11.5. The minimum absolute atomic E-state index is 0.00306. The van der Waals surface area contributed by atoms with Gasteiger partial charge < -0.3 is 4.90 Å². The lowest BCUT2D eigenvalue weighted by atomic mass is 9.87. The summed E-state index contributed by atoms with van der Waals surface area (Å²) in [6.07, 6.45) is 1.49. The molecular formula is C28H34N2O2. The van der Waals surface area contributed by atoms with Gasteiger partial charge in [-0.25, -0.2) is 0 Å². The molecule has 0 N–H and O–H groups in total. The van der Waals surface area contributed by atoms with Crippen molar-refractivity contribution < 1.29 is 9.59 Å². The van der Waals surface area contributed by atoms with Gasteiger partial charge in [0.25, 0.3) is 0 Å². The Labute approximate surface area is 192 Å². The average Bonchev–Trinajstić information content (AvgIpc) is 2.80. The molecule has 1 fully saturated rings. The molecule has 1 saturated heterocycles. The highest BCUT2D eigenvalue weighted by atomic mass is 16.2. The van der Waals surface area contributed by atoms with Gasteiger partial charge in [-0.2, -0.15) is 0 Å². The molecule has 0 bridgehead atoms. The van der Waals surface area contributed by atoms with Gasteiger partial charge in [-0.15, -0.1) is 0 Å². The zero-order valence-electron chi connectivity index (χ0n) is 19.6. The molecule has 0 unspecified atom stereocenters. The van der Waals surface area contributed by atoms with E-state index >= 15 is 0 Å². The van der Waals surface area contributed by atoms with E-state index in [1.807, 2.05) is 65.6 Å². The molecular weight excluding hydrogens is 396 g/mol. The minimum Gasteiger partial charge on any atom is -0.332 e. The van der Waals surface area contributed by atoms with E-state index in [1.54, 1.807) is 6.92 Å². The van der Waals surface area contributed by atoms with Crippen LogP contribution in [0.4, 0.5) is 0 Å². The highest BCUT2D eigenvalue weighted by molar-refractivity contribution is 5.92. The van der Waals surface area contributed by atoms with Gasteiger partial charge in [-0.3, -0.25) is 14.5 Å². The first kappa shape index (κ1) is 23.8. The predicted molar refractivity (Wildman–Crippen MR) is 129 cm³/mol. The molecule has 1 aliphatic heterocycles. The molecule has 168 valence electrons. The summed E-state index contributed by atoms with van der Waals surface area (Å²) in [5.41, 5.74) is 1.91. The molecule has 32 heavy (non-hydrogen) atoms. The van der Waals surface area contributed by atoms with Crippen molar-refractivity contribution in [3.63, 3.8) is 0 Å². The molecule has 4 nitrogen and oxygen atoms in total. The molecule has 0 aromatic heterocycles. The molecule has 4 heteroatoms. The molecule has 0 spiro atoms. The van der Waals surface area contributed by atoms with Gasteiger partial charge in [-0.1, -0.05) is 86.4 Å². The second-order valence-electron chi connectivity index (χ2n) is 8.98. The highest BCUT2D eigenvalue weighted by Gasteiger charge is 2.38. The van der Waals surface area contributed by atoms with Crippen molar-refractivity contribution in [2.24, 2.45) is 5.92 Å². The lowest BCUT2D eigenvalue weighted by Gasteiger charge is -2.42. The number of hydrogen-bond acceptors (Lipinski definition) is 3. The van der Waals surface area contributed by atoms with Crippen molar-refractivity contribution in [1.82, 2.24) is 9.80 Å². The molecule has 1 heterocycles. The lowest BCUT2D eigenvalue weighted by molar-refractivity contribution is -0.142. The monoisotopic (exact) mass is 430 g/mol. The third-order valence-corrected chi connectivity index (χ3v) is 6.18. The van der Waals surface area contributed by atoms with Gasteiger partial charge in [0.05, 0.1) is 18.5 Å². The van der Waals surface area contributed by atoms with Crippen molar-refractivity contribution in [3.8, 4) is 11.8 Å². The third-order valence-electron chi connectivity index (χ3n) is 6.18. The zero-order valence-corrected chi connectivity index (χ0v) is 19.6. The fraction of sp³-hybridized carbons (Fsp3) is 0.429. The Morgan fingerprint density at radius 1 is 1.03 bits per heavy atom. The molecule has 1 aliphatic rings. The number of benzene rings is 2. The summed E-state index contributed by atoms with van der Waals surface area (Å²) in [7, 11) is 2.06. The van der Waals surface area contributed by atoms with E-state index in [0.717, 1.165) is 17.5 Å². The second-order valence-corrected chi connectivity index (χ2v) is 8.98. The summed E-state index contributed by atoms with van der Waals surface area (Å²) in [5, 5.41) is 0. The fourth-order valence-corrected chi connectivity index (χ4v) is 4.43. The molecule has 2 aromatic carbocycles. The van der Waals surface area contributed by atoms with Crippen molar-refractivity contribution in [1.29, 1.82) is 0 Å². The number of likely N-dealkylation sites (tertiary alicyclic amines) is 1. The van der Waals surface area contributed by atoms with E-state index in [0.29, 0.717) is 25.4 Å². The van der Waals surface area contributed by atoms with Crippen LogP contribution >= 0.6 is 0 Å². The summed E-state index contributed by atoms with van der Waals surface area (Å²) in [6, 6.07) is 19.5. The summed E-state index contributed by atoms with van der Waals surface area (Å²) in [4.78, 5) is 30.6. The zero-order chi connectivity index (χ0) is 23.1. The van der Waals surface area contributed by atoms with Crippen LogP contribution in [0.2, 0.25) is 0 Å². The van der Waals surface area contributed by atoms with Crippen LogP contribution in [0.25, 0.3) is 0 Å². The molecule has 0 aliphatic carbocycles. The standard InChI is InChI=1S/C28H34N2O2/c1-21(2)12-11-18-29(4)25-17-19-30(26(20-25)22(3)31)28(32)27(23-13-7-5-8-14-23)24-15-9-6-10-16-24/h5-10,13-16,21,25-27H,17-20H2,1-4H3/t25-,26-/m0/s1. The summed E-state index contributed by atoms with van der Waals surface area (Å²) >= 11 is 0. The van der Waals surface area contributed by atoms with Gasteiger partial charge in [0.15, 0.2) is 5.78 Å². The van der Waals surface area contributed by atoms with Gasteiger partial charge in [0, 0.05) is 18.5 Å². The maximum absolute atomic E-state index is 13.9. The van der Waals surface area contributed by atoms with Crippen molar-refractivity contribution >= 4 is 11.7 Å². The third kappa shape index (κ3) is 5.87. The smallest absolute Gasteiger partial charge is 0.235 e. The van der Waals surface area contributed by atoms with E-state index in [4.69, 9.17) is 0 Å². The van der Waals surface area contributed by atoms with Crippen LogP contribution in [0.1, 0.15) is 50.7 Å². The first-order valence-corrected chi connectivity index (χ1v) is 11.5. The number of Topliss-reactive ketones (excluding diaryl/α,β-unsaturated/α-hetero) is 1. The number of rotatable bonds is 6. The predicted octanol–water partition coefficient (Wildman–Crippen LogP) is 4.36. The maximum atomic E-state index is 13.9. The van der Waals surface area contributed by atoms with E-state index in [1.165, 1.54) is 0 Å². The topological polar surface area (TPSA) is 40.6 Å². The average molecular weight is 431 g/mol. The Morgan fingerprint density at radius 2 is 1.59 bits per heavy atom. The Hall–Kier alpha value is -2.90. The van der Waals surface area contributed by atoms with Gasteiger partial charge in [0.2, 0.25) is 5.91 Å². The fourth-order valence-electron chi connectivity index (χ4n) is 4.43. The quantitative estimate of drug-likeness (QED) is 0.640. The number of ketones is 1. The number of carbonyl (C=O) groups is 2. The number of carbonyl (C=O) groups excluding carboxylic acids is 2. The number of hydrogen-bond donors (Lipinski definition) is 0. The Kier molecular flexibility index (Phi) is 8.25. The van der Waals surface area contributed by atoms with Crippen LogP contribution in [0.3, 0.4) is 0 Å². The van der Waals surface area contributed by atoms with E-state index < -0.39 is 12.0 Å². The van der Waals surface area contributed by atoms with E-state index in [2.05, 4.69) is 37.6 Å². The minimum atomic E-state index is -0.412. The van der Waals surface area contributed by atoms with Crippen LogP contribution in [0.15, 0.2) is 60.7 Å². The summed E-state index contributed by atoms with van der Waals surface area (Å²) in [5.74, 6) is 6.42. The summed E-state index contributed by atoms with van der Waals surface area (Å²) in [6.45, 7) is 7.02. The van der Waals surface area contributed by atoms with Crippen LogP contribution in [0, 0.1) is 17.8 Å². The Morgan fingerprint density at radius 3 is 2.09 bits per heavy atom. The molecule has 2 aromatic rings. The SMILES string of the molecule is CC(=O)[C@@H]1C[C@@H](N(C)CC#CC(C)C)CCN1C(=O)C(c1ccccc1)c1ccccc1. The molecule has 1 amide bonds. The van der Waals surface area contributed by atoms with Crippen LogP contribution < -0.4 is 0 Å².